The fourth-order valence-electron chi connectivity index (χ4n) is 7.97. The minimum Gasteiger partial charge on any atom is -0.393 e. The minimum absolute atomic E-state index is 0.00250. The molecule has 0 heterocycles. The van der Waals surface area contributed by atoms with Crippen molar-refractivity contribution in [3.63, 3.8) is 0 Å². The molecule has 1 aromatic carbocycles. The number of carbonyl (C=O) groups is 2. The van der Waals surface area contributed by atoms with E-state index in [9.17, 15) is 19.8 Å². The molecule has 0 aliphatic heterocycles. The number of benzene rings is 1. The fraction of sp³-hybridized carbons (Fsp3) is 0.722. The van der Waals surface area contributed by atoms with E-state index in [2.05, 4.69) is 50.4 Å². The van der Waals surface area contributed by atoms with Crippen LogP contribution in [-0.2, 0) is 6.42 Å². The van der Waals surface area contributed by atoms with Crippen LogP contribution in [0.15, 0.2) is 29.8 Å². The van der Waals surface area contributed by atoms with E-state index in [1.54, 1.807) is 4.90 Å². The van der Waals surface area contributed by atoms with Crippen molar-refractivity contribution >= 4 is 11.8 Å². The standard InChI is InChI=1S/C36H56N2O4/c1-6-21-38(34(41)37-25(2)3)24-36(42)20-18-32-30-17-15-27(23-31(30)33(40)28-12-8-7-9-13-28)22-29(39)16-14-26(4)11-10-19-35(32,36)5/h11,15,17,23,25,28-29,32,39,42H,6-10,12-14,16,18-22,24H2,1-5H3,(H,37,41). The predicted octanol–water partition coefficient (Wildman–Crippen LogP) is 7.32. The summed E-state index contributed by atoms with van der Waals surface area (Å²) in [6, 6.07) is 6.20. The molecule has 4 unspecified atom stereocenters. The minimum atomic E-state index is -1.08. The van der Waals surface area contributed by atoms with Crippen molar-refractivity contribution in [2.45, 2.75) is 142 Å². The number of ketones is 1. The number of hydrogen-bond acceptors (Lipinski definition) is 4. The summed E-state index contributed by atoms with van der Waals surface area (Å²) in [5, 5.41) is 26.5. The van der Waals surface area contributed by atoms with Crippen LogP contribution < -0.4 is 5.32 Å². The van der Waals surface area contributed by atoms with Crippen molar-refractivity contribution in [3.05, 3.63) is 46.5 Å². The molecule has 1 aromatic rings. The van der Waals surface area contributed by atoms with E-state index < -0.39 is 17.1 Å². The quantitative estimate of drug-likeness (QED) is 0.233. The molecule has 6 nitrogen and oxygen atoms in total. The second-order valence-electron chi connectivity index (χ2n) is 14.2. The van der Waals surface area contributed by atoms with Gasteiger partial charge in [-0.25, -0.2) is 4.79 Å². The summed E-state index contributed by atoms with van der Waals surface area (Å²) >= 11 is 0. The molecule has 2 saturated carbocycles. The third kappa shape index (κ3) is 7.30. The maximum Gasteiger partial charge on any atom is 0.317 e. The first-order chi connectivity index (χ1) is 20.0. The van der Waals surface area contributed by atoms with Gasteiger partial charge in [0.1, 0.15) is 0 Å². The number of carbonyl (C=O) groups excluding carboxylic acids is 2. The van der Waals surface area contributed by atoms with Gasteiger partial charge in [-0.1, -0.05) is 56.9 Å². The smallest absolute Gasteiger partial charge is 0.317 e. The van der Waals surface area contributed by atoms with Crippen LogP contribution in [0.25, 0.3) is 0 Å². The van der Waals surface area contributed by atoms with Crippen LogP contribution in [0.3, 0.4) is 0 Å². The van der Waals surface area contributed by atoms with Gasteiger partial charge in [0.05, 0.1) is 18.2 Å². The maximum absolute atomic E-state index is 14.2. The summed E-state index contributed by atoms with van der Waals surface area (Å²) in [6.45, 7) is 11.2. The second kappa shape index (κ2) is 14.1. The van der Waals surface area contributed by atoms with Crippen molar-refractivity contribution in [1.82, 2.24) is 10.2 Å². The van der Waals surface area contributed by atoms with Gasteiger partial charge in [-0.15, -0.1) is 0 Å². The molecule has 2 amide bonds. The first-order valence-electron chi connectivity index (χ1n) is 16.8. The SMILES string of the molecule is CCCN(CC1(O)CCC2c3ccc(cc3C(=O)C3CCCCC3)CC(O)CCC(C)=CCCC21C)C(=O)NC(C)C. The van der Waals surface area contributed by atoms with E-state index in [1.807, 2.05) is 13.8 Å². The summed E-state index contributed by atoms with van der Waals surface area (Å²) in [6.07, 6.45) is 12.9. The van der Waals surface area contributed by atoms with Crippen LogP contribution >= 0.6 is 0 Å². The summed E-state index contributed by atoms with van der Waals surface area (Å²) < 4.78 is 0. The molecule has 3 N–H and O–H groups in total. The van der Waals surface area contributed by atoms with Gasteiger partial charge in [0.25, 0.3) is 0 Å². The first kappa shape index (κ1) is 32.7. The van der Waals surface area contributed by atoms with E-state index in [4.69, 9.17) is 0 Å². The number of aliphatic hydroxyl groups excluding tert-OH is 1. The third-order valence-corrected chi connectivity index (χ3v) is 10.6. The second-order valence-corrected chi connectivity index (χ2v) is 14.2. The Morgan fingerprint density at radius 2 is 1.83 bits per heavy atom. The average molecular weight is 581 g/mol. The van der Waals surface area contributed by atoms with Gasteiger partial charge >= 0.3 is 6.03 Å². The van der Waals surface area contributed by atoms with E-state index in [1.165, 1.54) is 12.0 Å². The molecule has 0 radical (unpaired) electrons. The number of urea groups is 1. The molecule has 0 spiro atoms. The fourth-order valence-corrected chi connectivity index (χ4v) is 7.97. The number of aliphatic hydroxyl groups is 2. The highest BCUT2D eigenvalue weighted by molar-refractivity contribution is 5.99. The van der Waals surface area contributed by atoms with E-state index in [-0.39, 0.29) is 36.2 Å². The Labute approximate surface area is 254 Å². The zero-order valence-electron chi connectivity index (χ0n) is 26.9. The van der Waals surface area contributed by atoms with Crippen molar-refractivity contribution < 1.29 is 19.8 Å². The zero-order chi connectivity index (χ0) is 30.5. The lowest BCUT2D eigenvalue weighted by Gasteiger charge is -2.46. The first-order valence-corrected chi connectivity index (χ1v) is 16.8. The number of rotatable bonds is 7. The molecule has 4 aliphatic carbocycles. The molecular formula is C36H56N2O4. The van der Waals surface area contributed by atoms with Gasteiger partial charge in [0, 0.05) is 29.5 Å². The third-order valence-electron chi connectivity index (χ3n) is 10.6. The summed E-state index contributed by atoms with van der Waals surface area (Å²) in [5.74, 6) is 0.288. The number of fused-ring (bicyclic) bond motifs is 8. The van der Waals surface area contributed by atoms with E-state index in [0.717, 1.165) is 74.5 Å². The Hall–Kier alpha value is -2.18. The highest BCUT2D eigenvalue weighted by Gasteiger charge is 2.57. The number of nitrogens with zero attached hydrogens (tertiary/aromatic N) is 1. The Kier molecular flexibility index (Phi) is 11.0. The maximum atomic E-state index is 14.2. The molecule has 42 heavy (non-hydrogen) atoms. The summed E-state index contributed by atoms with van der Waals surface area (Å²) in [7, 11) is 0. The molecule has 2 fully saturated rings. The lowest BCUT2D eigenvalue weighted by atomic mass is 9.64. The highest BCUT2D eigenvalue weighted by atomic mass is 16.3. The van der Waals surface area contributed by atoms with Crippen LogP contribution in [0.2, 0.25) is 0 Å². The molecule has 2 bridgehead atoms. The van der Waals surface area contributed by atoms with Gasteiger partial charge in [0.2, 0.25) is 0 Å². The van der Waals surface area contributed by atoms with Gasteiger partial charge in [0.15, 0.2) is 5.78 Å². The molecule has 0 aromatic heterocycles. The average Bonchev–Trinajstić information content (AvgIpc) is 3.20. The molecular weight excluding hydrogens is 524 g/mol. The largest absolute Gasteiger partial charge is 0.393 e. The number of amides is 2. The topological polar surface area (TPSA) is 89.9 Å². The number of Topliss-reactive ketones (excluding diaryl/α,β-unsaturated/α-hetero) is 1. The Morgan fingerprint density at radius 1 is 1.10 bits per heavy atom. The summed E-state index contributed by atoms with van der Waals surface area (Å²) in [5.41, 5.74) is 2.52. The van der Waals surface area contributed by atoms with Gasteiger partial charge < -0.3 is 20.4 Å². The van der Waals surface area contributed by atoms with Crippen molar-refractivity contribution in [2.75, 3.05) is 13.1 Å². The monoisotopic (exact) mass is 580 g/mol. The molecule has 0 saturated heterocycles. The van der Waals surface area contributed by atoms with E-state index >= 15 is 0 Å². The Balaban J connectivity index is 1.78. The molecule has 6 heteroatoms. The Morgan fingerprint density at radius 3 is 2.52 bits per heavy atom. The van der Waals surface area contributed by atoms with Crippen molar-refractivity contribution in [2.24, 2.45) is 11.3 Å². The lowest BCUT2D eigenvalue weighted by Crippen LogP contribution is -2.56. The van der Waals surface area contributed by atoms with Crippen LogP contribution in [-0.4, -0.2) is 57.8 Å². The van der Waals surface area contributed by atoms with Crippen molar-refractivity contribution in [1.29, 1.82) is 0 Å². The number of nitrogens with one attached hydrogen (secondary N) is 1. The predicted molar refractivity (Wildman–Crippen MR) is 170 cm³/mol. The van der Waals surface area contributed by atoms with Crippen molar-refractivity contribution in [3.8, 4) is 0 Å². The van der Waals surface area contributed by atoms with Crippen LogP contribution in [0, 0.1) is 11.3 Å². The molecule has 4 atom stereocenters. The van der Waals surface area contributed by atoms with Crippen LogP contribution in [0.1, 0.15) is 139 Å². The summed E-state index contributed by atoms with van der Waals surface area (Å²) in [4.78, 5) is 29.2. The lowest BCUT2D eigenvalue weighted by molar-refractivity contribution is -0.0770. The number of hydrogen-bond donors (Lipinski definition) is 3. The zero-order valence-corrected chi connectivity index (χ0v) is 26.9. The molecule has 4 aliphatic rings. The Bertz CT molecular complexity index is 1120. The molecule has 234 valence electrons. The molecule has 5 rings (SSSR count). The van der Waals surface area contributed by atoms with Crippen LogP contribution in [0.5, 0.6) is 0 Å². The van der Waals surface area contributed by atoms with Gasteiger partial charge in [-0.3, -0.25) is 4.79 Å². The van der Waals surface area contributed by atoms with Crippen LogP contribution in [0.4, 0.5) is 4.79 Å². The normalized spacial score (nSPS) is 29.1. The highest BCUT2D eigenvalue weighted by Crippen LogP contribution is 2.59. The van der Waals surface area contributed by atoms with Gasteiger partial charge in [-0.05, 0) is 108 Å². The van der Waals surface area contributed by atoms with E-state index in [0.29, 0.717) is 25.8 Å². The number of allylic oxidation sites excluding steroid dienone is 2. The van der Waals surface area contributed by atoms with Gasteiger partial charge in [-0.2, -0.15) is 0 Å².